The number of aromatic hydroxyl groups is 1. The van der Waals surface area contributed by atoms with E-state index in [1.165, 1.54) is 0 Å². The summed E-state index contributed by atoms with van der Waals surface area (Å²) in [5, 5.41) is 13.1. The van der Waals surface area contributed by atoms with Gasteiger partial charge in [0.2, 0.25) is 0 Å². The first-order chi connectivity index (χ1) is 8.63. The van der Waals surface area contributed by atoms with Gasteiger partial charge in [0.25, 0.3) is 0 Å². The zero-order valence-corrected chi connectivity index (χ0v) is 13.5. The van der Waals surface area contributed by atoms with Gasteiger partial charge in [-0.15, -0.1) is 24.8 Å². The highest BCUT2D eigenvalue weighted by atomic mass is 35.5. The molecule has 1 saturated heterocycles. The first-order valence-electron chi connectivity index (χ1n) is 6.44. The molecule has 0 unspecified atom stereocenters. The molecule has 1 aromatic carbocycles. The Kier molecular flexibility index (Phi) is 8.44. The van der Waals surface area contributed by atoms with Crippen LogP contribution in [0.1, 0.15) is 22.7 Å². The quantitative estimate of drug-likeness (QED) is 0.897. The van der Waals surface area contributed by atoms with Crippen LogP contribution in [-0.2, 0) is 0 Å². The Morgan fingerprint density at radius 1 is 1.20 bits per heavy atom. The Morgan fingerprint density at radius 3 is 2.15 bits per heavy atom. The maximum absolute atomic E-state index is 13.4. The molecular formula is C14H23Cl2FN2O. The van der Waals surface area contributed by atoms with Crippen LogP contribution in [0.25, 0.3) is 0 Å². The third-order valence-electron chi connectivity index (χ3n) is 3.64. The number of benzene rings is 1. The lowest BCUT2D eigenvalue weighted by Crippen LogP contribution is -2.45. The largest absolute Gasteiger partial charge is 0.507 e. The summed E-state index contributed by atoms with van der Waals surface area (Å²) in [4.78, 5) is 2.17. The van der Waals surface area contributed by atoms with Crippen molar-refractivity contribution in [2.75, 3.05) is 32.9 Å². The van der Waals surface area contributed by atoms with E-state index in [0.29, 0.717) is 5.75 Å². The molecule has 6 heteroatoms. The summed E-state index contributed by atoms with van der Waals surface area (Å²) in [6.45, 7) is 6.89. The second kappa shape index (κ2) is 8.67. The second-order valence-corrected chi connectivity index (χ2v) is 4.96. The van der Waals surface area contributed by atoms with Gasteiger partial charge in [0.1, 0.15) is 12.4 Å². The Bertz CT molecular complexity index is 403. The number of nitrogens with one attached hydrogen (secondary N) is 1. The molecule has 1 aliphatic rings. The lowest BCUT2D eigenvalue weighted by atomic mass is 9.99. The first-order valence-corrected chi connectivity index (χ1v) is 6.44. The molecule has 20 heavy (non-hydrogen) atoms. The molecule has 1 fully saturated rings. The maximum Gasteiger partial charge on any atom is 0.121 e. The fourth-order valence-electron chi connectivity index (χ4n) is 2.57. The zero-order chi connectivity index (χ0) is 13.1. The van der Waals surface area contributed by atoms with Gasteiger partial charge >= 0.3 is 0 Å². The molecule has 0 amide bonds. The number of phenols is 1. The van der Waals surface area contributed by atoms with Crippen LogP contribution >= 0.6 is 24.8 Å². The van der Waals surface area contributed by atoms with E-state index < -0.39 is 0 Å². The van der Waals surface area contributed by atoms with Gasteiger partial charge in [0.05, 0.1) is 6.04 Å². The normalized spacial score (nSPS) is 16.9. The van der Waals surface area contributed by atoms with Gasteiger partial charge in [-0.05, 0) is 30.5 Å². The maximum atomic E-state index is 13.4. The molecule has 1 heterocycles. The van der Waals surface area contributed by atoms with Crippen LogP contribution in [0.5, 0.6) is 5.75 Å². The molecule has 0 saturated carbocycles. The predicted molar refractivity (Wildman–Crippen MR) is 85.2 cm³/mol. The van der Waals surface area contributed by atoms with Crippen molar-refractivity contribution in [3.05, 3.63) is 28.8 Å². The summed E-state index contributed by atoms with van der Waals surface area (Å²) in [5.74, 6) is 0.316. The molecule has 0 spiro atoms. The molecule has 1 aliphatic heterocycles. The zero-order valence-electron chi connectivity index (χ0n) is 11.9. The monoisotopic (exact) mass is 324 g/mol. The minimum Gasteiger partial charge on any atom is -0.507 e. The van der Waals surface area contributed by atoms with Crippen LogP contribution < -0.4 is 5.32 Å². The highest BCUT2D eigenvalue weighted by Crippen LogP contribution is 2.29. The highest BCUT2D eigenvalue weighted by Gasteiger charge is 2.23. The molecule has 1 atom stereocenters. The summed E-state index contributed by atoms with van der Waals surface area (Å²) in [6.07, 6.45) is 0. The lowest BCUT2D eigenvalue weighted by molar-refractivity contribution is 0.147. The summed E-state index contributed by atoms with van der Waals surface area (Å²) >= 11 is 0. The van der Waals surface area contributed by atoms with Gasteiger partial charge in [0.15, 0.2) is 0 Å². The third-order valence-corrected chi connectivity index (χ3v) is 3.64. The smallest absolute Gasteiger partial charge is 0.121 e. The molecule has 116 valence electrons. The predicted octanol–water partition coefficient (Wildman–Crippen LogP) is 2.77. The van der Waals surface area contributed by atoms with Crippen molar-refractivity contribution >= 4 is 24.8 Å². The standard InChI is InChI=1S/C14H21FN2O.2ClH/c1-10-7-12(8-11(2)14(10)18)13(9-15)17-5-3-16-4-6-17;;/h7-8,13,16,18H,3-6,9H2,1-2H3;2*1H/t13-;;/m1../s1. The highest BCUT2D eigenvalue weighted by molar-refractivity contribution is 5.85. The fourth-order valence-corrected chi connectivity index (χ4v) is 2.57. The molecule has 2 rings (SSSR count). The number of nitrogens with zero attached hydrogens (tertiary/aromatic N) is 1. The van der Waals surface area contributed by atoms with Crippen molar-refractivity contribution in [2.24, 2.45) is 0 Å². The van der Waals surface area contributed by atoms with E-state index in [4.69, 9.17) is 0 Å². The topological polar surface area (TPSA) is 35.5 Å². The van der Waals surface area contributed by atoms with E-state index in [9.17, 15) is 9.50 Å². The summed E-state index contributed by atoms with van der Waals surface area (Å²) in [6, 6.07) is 3.61. The van der Waals surface area contributed by atoms with E-state index in [0.717, 1.165) is 42.9 Å². The van der Waals surface area contributed by atoms with Crippen LogP contribution in [0.2, 0.25) is 0 Å². The molecule has 0 radical (unpaired) electrons. The molecule has 0 bridgehead atoms. The second-order valence-electron chi connectivity index (χ2n) is 4.96. The number of hydrogen-bond acceptors (Lipinski definition) is 3. The molecular weight excluding hydrogens is 302 g/mol. The van der Waals surface area contributed by atoms with E-state index >= 15 is 0 Å². The Balaban J connectivity index is 0.00000180. The molecule has 0 aliphatic carbocycles. The Morgan fingerprint density at radius 2 is 1.70 bits per heavy atom. The van der Waals surface area contributed by atoms with Crippen LogP contribution in [-0.4, -0.2) is 42.9 Å². The van der Waals surface area contributed by atoms with Crippen LogP contribution in [0.15, 0.2) is 12.1 Å². The third kappa shape index (κ3) is 4.22. The van der Waals surface area contributed by atoms with E-state index in [-0.39, 0.29) is 37.5 Å². The number of rotatable bonds is 3. The first kappa shape index (κ1) is 19.4. The summed E-state index contributed by atoms with van der Waals surface area (Å²) < 4.78 is 13.4. The van der Waals surface area contributed by atoms with Gasteiger partial charge in [0, 0.05) is 26.2 Å². The van der Waals surface area contributed by atoms with Crippen LogP contribution in [0, 0.1) is 13.8 Å². The van der Waals surface area contributed by atoms with Crippen molar-refractivity contribution in [2.45, 2.75) is 19.9 Å². The van der Waals surface area contributed by atoms with Gasteiger partial charge in [-0.25, -0.2) is 4.39 Å². The van der Waals surface area contributed by atoms with Crippen molar-refractivity contribution in [3.8, 4) is 5.75 Å². The van der Waals surface area contributed by atoms with Crippen molar-refractivity contribution in [1.82, 2.24) is 10.2 Å². The van der Waals surface area contributed by atoms with E-state index in [1.807, 2.05) is 26.0 Å². The van der Waals surface area contributed by atoms with Crippen LogP contribution in [0.3, 0.4) is 0 Å². The van der Waals surface area contributed by atoms with Gasteiger partial charge in [-0.2, -0.15) is 0 Å². The fraction of sp³-hybridized carbons (Fsp3) is 0.571. The average Bonchev–Trinajstić information content (AvgIpc) is 2.38. The van der Waals surface area contributed by atoms with Gasteiger partial charge in [-0.3, -0.25) is 4.90 Å². The average molecular weight is 325 g/mol. The molecule has 3 nitrogen and oxygen atoms in total. The van der Waals surface area contributed by atoms with Crippen molar-refractivity contribution in [3.63, 3.8) is 0 Å². The summed E-state index contributed by atoms with van der Waals surface area (Å²) in [5.41, 5.74) is 2.60. The van der Waals surface area contributed by atoms with Gasteiger partial charge in [-0.1, -0.05) is 12.1 Å². The number of alkyl halides is 1. The number of halogens is 3. The number of phenolic OH excluding ortho intramolecular Hbond substituents is 1. The van der Waals surface area contributed by atoms with Crippen LogP contribution in [0.4, 0.5) is 4.39 Å². The minimum atomic E-state index is -0.385. The molecule has 2 N–H and O–H groups in total. The number of piperazine rings is 1. The van der Waals surface area contributed by atoms with Crippen molar-refractivity contribution < 1.29 is 9.50 Å². The Labute approximate surface area is 132 Å². The van der Waals surface area contributed by atoms with Gasteiger partial charge < -0.3 is 10.4 Å². The Hall–Kier alpha value is -0.550. The SMILES string of the molecule is Cc1cc([C@@H](CF)N2CCNCC2)cc(C)c1O.Cl.Cl. The van der Waals surface area contributed by atoms with E-state index in [2.05, 4.69) is 10.2 Å². The van der Waals surface area contributed by atoms with Crippen molar-refractivity contribution in [1.29, 1.82) is 0 Å². The molecule has 0 aromatic heterocycles. The lowest BCUT2D eigenvalue weighted by Gasteiger charge is -2.34. The summed E-state index contributed by atoms with van der Waals surface area (Å²) in [7, 11) is 0. The number of hydrogen-bond donors (Lipinski definition) is 2. The van der Waals surface area contributed by atoms with E-state index in [1.54, 1.807) is 0 Å². The molecule has 1 aromatic rings. The minimum absolute atomic E-state index is 0. The number of aryl methyl sites for hydroxylation is 2.